The topological polar surface area (TPSA) is 75.8 Å². The van der Waals surface area contributed by atoms with Crippen LogP contribution >= 0.6 is 11.6 Å². The number of aryl methyl sites for hydroxylation is 1. The van der Waals surface area contributed by atoms with Crippen LogP contribution in [0.25, 0.3) is 5.57 Å². The van der Waals surface area contributed by atoms with Crippen molar-refractivity contribution in [3.8, 4) is 5.75 Å². The minimum Gasteiger partial charge on any atom is -0.503 e. The second kappa shape index (κ2) is 7.05. The molecule has 1 amide bonds. The average molecular weight is 397 g/mol. The summed E-state index contributed by atoms with van der Waals surface area (Å²) in [5, 5.41) is 15.3. The number of hydrogen-bond acceptors (Lipinski definition) is 5. The van der Waals surface area contributed by atoms with E-state index in [9.17, 15) is 9.90 Å². The lowest BCUT2D eigenvalue weighted by molar-refractivity contribution is -0.117. The van der Waals surface area contributed by atoms with E-state index in [1.165, 1.54) is 4.90 Å². The quantitative estimate of drug-likeness (QED) is 0.691. The van der Waals surface area contributed by atoms with Gasteiger partial charge in [0.05, 0.1) is 13.2 Å². The minimum absolute atomic E-state index is 0.330. The first-order valence-electron chi connectivity index (χ1n) is 8.59. The number of rotatable bonds is 4. The fourth-order valence-corrected chi connectivity index (χ4v) is 3.46. The maximum Gasteiger partial charge on any atom is 0.295 e. The molecule has 0 saturated heterocycles. The molecule has 0 aliphatic carbocycles. The predicted molar refractivity (Wildman–Crippen MR) is 105 cm³/mol. The van der Waals surface area contributed by atoms with Gasteiger partial charge in [0, 0.05) is 16.7 Å². The number of amides is 1. The van der Waals surface area contributed by atoms with E-state index in [1.54, 1.807) is 56.5 Å². The molecule has 0 saturated carbocycles. The van der Waals surface area contributed by atoms with Gasteiger partial charge >= 0.3 is 0 Å². The van der Waals surface area contributed by atoms with Crippen molar-refractivity contribution < 1.29 is 19.2 Å². The standard InChI is InChI=1S/C21H17ClN2O4/c1-12-11-17(23-28-12)24-19(14-5-9-16(27-2)10-6-14)18(20(25)21(24)26)13-3-7-15(22)8-4-13/h3-11,19,25H,1-2H3. The molecule has 6 nitrogen and oxygen atoms in total. The van der Waals surface area contributed by atoms with Crippen molar-refractivity contribution in [3.05, 3.63) is 82.3 Å². The molecule has 2 aromatic carbocycles. The fourth-order valence-electron chi connectivity index (χ4n) is 3.33. The highest BCUT2D eigenvalue weighted by Crippen LogP contribution is 2.45. The van der Waals surface area contributed by atoms with Gasteiger partial charge in [0.15, 0.2) is 11.6 Å². The third-order valence-corrected chi connectivity index (χ3v) is 4.91. The molecule has 3 aromatic rings. The lowest BCUT2D eigenvalue weighted by Crippen LogP contribution is -2.30. The SMILES string of the molecule is COc1ccc(C2C(c3ccc(Cl)cc3)=C(O)C(=O)N2c2cc(C)on2)cc1. The summed E-state index contributed by atoms with van der Waals surface area (Å²) < 4.78 is 10.4. The van der Waals surface area contributed by atoms with Gasteiger partial charge < -0.3 is 14.4 Å². The fraction of sp³-hybridized carbons (Fsp3) is 0.143. The summed E-state index contributed by atoms with van der Waals surface area (Å²) in [5.41, 5.74) is 1.97. The number of methoxy groups -OCH3 is 1. The number of nitrogens with zero attached hydrogens (tertiary/aromatic N) is 2. The van der Waals surface area contributed by atoms with Crippen LogP contribution in [0.4, 0.5) is 5.82 Å². The van der Waals surface area contributed by atoms with Crippen LogP contribution in [-0.2, 0) is 4.79 Å². The Bertz CT molecular complexity index is 1050. The first-order chi connectivity index (χ1) is 13.5. The molecule has 1 aliphatic rings. The summed E-state index contributed by atoms with van der Waals surface area (Å²) >= 11 is 6.01. The Labute approximate surface area is 166 Å². The largest absolute Gasteiger partial charge is 0.503 e. The summed E-state index contributed by atoms with van der Waals surface area (Å²) in [5.74, 6) is 0.718. The van der Waals surface area contributed by atoms with Crippen LogP contribution in [0.1, 0.15) is 22.9 Å². The highest BCUT2D eigenvalue weighted by Gasteiger charge is 2.43. The third-order valence-electron chi connectivity index (χ3n) is 4.66. The van der Waals surface area contributed by atoms with Crippen LogP contribution in [0.3, 0.4) is 0 Å². The number of carbonyl (C=O) groups excluding carboxylic acids is 1. The molecule has 4 rings (SSSR count). The molecule has 1 unspecified atom stereocenters. The number of ether oxygens (including phenoxy) is 1. The van der Waals surface area contributed by atoms with Gasteiger partial charge in [0.2, 0.25) is 0 Å². The van der Waals surface area contributed by atoms with E-state index in [0.717, 1.165) is 5.56 Å². The van der Waals surface area contributed by atoms with Gasteiger partial charge in [-0.05, 0) is 42.3 Å². The van der Waals surface area contributed by atoms with Crippen molar-refractivity contribution in [2.75, 3.05) is 12.0 Å². The summed E-state index contributed by atoms with van der Waals surface area (Å²) in [4.78, 5) is 14.4. The van der Waals surface area contributed by atoms with Crippen LogP contribution in [0.15, 0.2) is 64.9 Å². The summed E-state index contributed by atoms with van der Waals surface area (Å²) in [6.45, 7) is 1.74. The second-order valence-corrected chi connectivity index (χ2v) is 6.85. The van der Waals surface area contributed by atoms with E-state index >= 15 is 0 Å². The Morgan fingerprint density at radius 2 is 1.82 bits per heavy atom. The maximum atomic E-state index is 13.0. The second-order valence-electron chi connectivity index (χ2n) is 6.42. The van der Waals surface area contributed by atoms with E-state index in [-0.39, 0.29) is 5.76 Å². The van der Waals surface area contributed by atoms with Gasteiger partial charge in [0.25, 0.3) is 5.91 Å². The first-order valence-corrected chi connectivity index (χ1v) is 8.97. The van der Waals surface area contributed by atoms with Gasteiger partial charge in [-0.1, -0.05) is 41.0 Å². The molecule has 0 radical (unpaired) electrons. The van der Waals surface area contributed by atoms with E-state index in [0.29, 0.717) is 33.5 Å². The van der Waals surface area contributed by atoms with Gasteiger partial charge in [-0.3, -0.25) is 9.69 Å². The maximum absolute atomic E-state index is 13.0. The van der Waals surface area contributed by atoms with Crippen molar-refractivity contribution in [2.45, 2.75) is 13.0 Å². The van der Waals surface area contributed by atoms with E-state index in [2.05, 4.69) is 5.16 Å². The molecule has 7 heteroatoms. The van der Waals surface area contributed by atoms with E-state index in [4.69, 9.17) is 20.9 Å². The zero-order valence-corrected chi connectivity index (χ0v) is 16.0. The number of benzene rings is 2. The molecule has 1 N–H and O–H groups in total. The molecule has 1 aromatic heterocycles. The third kappa shape index (κ3) is 3.01. The van der Waals surface area contributed by atoms with Crippen LogP contribution in [0.5, 0.6) is 5.75 Å². The molecule has 0 spiro atoms. The smallest absolute Gasteiger partial charge is 0.295 e. The van der Waals surface area contributed by atoms with E-state index < -0.39 is 11.9 Å². The Morgan fingerprint density at radius 3 is 2.39 bits per heavy atom. The van der Waals surface area contributed by atoms with Gasteiger partial charge in [-0.2, -0.15) is 0 Å². The zero-order chi connectivity index (χ0) is 19.8. The molecule has 2 heterocycles. The molecular weight excluding hydrogens is 380 g/mol. The number of aliphatic hydroxyl groups is 1. The Morgan fingerprint density at radius 1 is 1.14 bits per heavy atom. The highest BCUT2D eigenvalue weighted by atomic mass is 35.5. The van der Waals surface area contributed by atoms with E-state index in [1.807, 2.05) is 12.1 Å². The van der Waals surface area contributed by atoms with Gasteiger partial charge in [-0.25, -0.2) is 0 Å². The number of aromatic nitrogens is 1. The van der Waals surface area contributed by atoms with Crippen LogP contribution in [-0.4, -0.2) is 23.3 Å². The lowest BCUT2D eigenvalue weighted by Gasteiger charge is -2.25. The molecule has 0 fully saturated rings. The van der Waals surface area contributed by atoms with Crippen LogP contribution in [0, 0.1) is 6.92 Å². The molecule has 1 atom stereocenters. The number of aliphatic hydroxyl groups excluding tert-OH is 1. The van der Waals surface area contributed by atoms with Crippen LogP contribution in [0.2, 0.25) is 5.02 Å². The Kier molecular flexibility index (Phi) is 4.57. The number of hydrogen-bond donors (Lipinski definition) is 1. The summed E-state index contributed by atoms with van der Waals surface area (Å²) in [6, 6.07) is 15.4. The Hall–Kier alpha value is -3.25. The molecular formula is C21H17ClN2O4. The first kappa shape index (κ1) is 18.1. The minimum atomic E-state index is -0.580. The normalized spacial score (nSPS) is 16.8. The van der Waals surface area contributed by atoms with Crippen molar-refractivity contribution in [3.63, 3.8) is 0 Å². The van der Waals surface area contributed by atoms with Crippen molar-refractivity contribution in [2.24, 2.45) is 0 Å². The monoisotopic (exact) mass is 396 g/mol. The van der Waals surface area contributed by atoms with Crippen LogP contribution < -0.4 is 9.64 Å². The highest BCUT2D eigenvalue weighted by molar-refractivity contribution is 6.30. The summed E-state index contributed by atoms with van der Waals surface area (Å²) in [6.07, 6.45) is 0. The van der Waals surface area contributed by atoms with Gasteiger partial charge in [0.1, 0.15) is 11.5 Å². The number of halogens is 1. The number of carbonyl (C=O) groups is 1. The molecule has 1 aliphatic heterocycles. The lowest BCUT2D eigenvalue weighted by atomic mass is 9.93. The average Bonchev–Trinajstić information content (AvgIpc) is 3.24. The van der Waals surface area contributed by atoms with Gasteiger partial charge in [-0.15, -0.1) is 0 Å². The zero-order valence-electron chi connectivity index (χ0n) is 15.2. The number of anilines is 1. The Balaban J connectivity index is 1.88. The molecule has 142 valence electrons. The molecule has 0 bridgehead atoms. The molecule has 28 heavy (non-hydrogen) atoms. The van der Waals surface area contributed by atoms with Crippen molar-refractivity contribution in [1.29, 1.82) is 0 Å². The van der Waals surface area contributed by atoms with Crippen molar-refractivity contribution >= 4 is 28.9 Å². The predicted octanol–water partition coefficient (Wildman–Crippen LogP) is 4.70. The summed E-state index contributed by atoms with van der Waals surface area (Å²) in [7, 11) is 1.59. The van der Waals surface area contributed by atoms with Crippen molar-refractivity contribution in [1.82, 2.24) is 5.16 Å².